The van der Waals surface area contributed by atoms with Crippen LogP contribution in [0.1, 0.15) is 29.8 Å². The first kappa shape index (κ1) is 21.3. The Labute approximate surface area is 169 Å². The maximum atomic E-state index is 12.2. The molecule has 0 aliphatic rings. The Bertz CT molecular complexity index is 835. The second-order valence-corrected chi connectivity index (χ2v) is 5.93. The SMILES string of the molecule is C=CCOc1c(Cl)cc(/C=N\NC(=O)c2ccc(OCC)cc2)cc1OCC. The molecule has 0 aromatic heterocycles. The second-order valence-electron chi connectivity index (χ2n) is 5.52. The number of benzene rings is 2. The summed E-state index contributed by atoms with van der Waals surface area (Å²) in [7, 11) is 0. The highest BCUT2D eigenvalue weighted by molar-refractivity contribution is 6.32. The molecule has 7 heteroatoms. The fourth-order valence-electron chi connectivity index (χ4n) is 2.31. The van der Waals surface area contributed by atoms with E-state index in [1.165, 1.54) is 6.21 Å². The average Bonchev–Trinajstić information content (AvgIpc) is 2.68. The van der Waals surface area contributed by atoms with Crippen molar-refractivity contribution in [3.8, 4) is 17.2 Å². The fraction of sp³-hybridized carbons (Fsp3) is 0.238. The van der Waals surface area contributed by atoms with E-state index in [2.05, 4.69) is 17.1 Å². The molecule has 0 spiro atoms. The number of hydrazone groups is 1. The molecule has 2 rings (SSSR count). The first-order valence-electron chi connectivity index (χ1n) is 8.85. The van der Waals surface area contributed by atoms with Gasteiger partial charge in [0.1, 0.15) is 12.4 Å². The van der Waals surface area contributed by atoms with Gasteiger partial charge in [-0.1, -0.05) is 24.3 Å². The lowest BCUT2D eigenvalue weighted by atomic mass is 10.2. The lowest BCUT2D eigenvalue weighted by Crippen LogP contribution is -2.17. The van der Waals surface area contributed by atoms with Gasteiger partial charge in [0.05, 0.1) is 24.5 Å². The van der Waals surface area contributed by atoms with E-state index in [1.807, 2.05) is 13.8 Å². The van der Waals surface area contributed by atoms with E-state index in [9.17, 15) is 4.79 Å². The highest BCUT2D eigenvalue weighted by Crippen LogP contribution is 2.36. The molecule has 0 saturated carbocycles. The average molecular weight is 403 g/mol. The van der Waals surface area contributed by atoms with Gasteiger partial charge >= 0.3 is 0 Å². The predicted octanol–water partition coefficient (Wildman–Crippen LogP) is 4.47. The summed E-state index contributed by atoms with van der Waals surface area (Å²) >= 11 is 6.28. The molecule has 0 radical (unpaired) electrons. The monoisotopic (exact) mass is 402 g/mol. The van der Waals surface area contributed by atoms with Crippen LogP contribution in [0, 0.1) is 0 Å². The van der Waals surface area contributed by atoms with Crippen molar-refractivity contribution in [2.45, 2.75) is 13.8 Å². The summed E-state index contributed by atoms with van der Waals surface area (Å²) in [6.07, 6.45) is 3.11. The summed E-state index contributed by atoms with van der Waals surface area (Å²) in [5.41, 5.74) is 3.61. The Hall–Kier alpha value is -2.99. The van der Waals surface area contributed by atoms with Crippen LogP contribution in [-0.4, -0.2) is 31.9 Å². The third kappa shape index (κ3) is 6.03. The number of hydrogen-bond donors (Lipinski definition) is 1. The number of rotatable bonds is 10. The van der Waals surface area contributed by atoms with Crippen molar-refractivity contribution in [2.24, 2.45) is 5.10 Å². The first-order chi connectivity index (χ1) is 13.6. The summed E-state index contributed by atoms with van der Waals surface area (Å²) in [5, 5.41) is 4.37. The lowest BCUT2D eigenvalue weighted by Gasteiger charge is -2.13. The molecule has 2 aromatic rings. The third-order valence-corrected chi connectivity index (χ3v) is 3.77. The van der Waals surface area contributed by atoms with E-state index in [0.717, 1.165) is 0 Å². The Kier molecular flexibility index (Phi) is 8.37. The normalized spacial score (nSPS) is 10.5. The molecule has 148 valence electrons. The van der Waals surface area contributed by atoms with Gasteiger partial charge in [0.25, 0.3) is 5.91 Å². The minimum Gasteiger partial charge on any atom is -0.494 e. The topological polar surface area (TPSA) is 69.2 Å². The summed E-state index contributed by atoms with van der Waals surface area (Å²) in [6.45, 7) is 8.71. The van der Waals surface area contributed by atoms with Gasteiger partial charge in [-0.3, -0.25) is 4.79 Å². The molecule has 0 unspecified atom stereocenters. The van der Waals surface area contributed by atoms with Crippen LogP contribution in [0.5, 0.6) is 17.2 Å². The highest BCUT2D eigenvalue weighted by Gasteiger charge is 2.12. The Morgan fingerprint density at radius 1 is 1.14 bits per heavy atom. The number of hydrogen-bond acceptors (Lipinski definition) is 5. The number of ether oxygens (including phenoxy) is 3. The van der Waals surface area contributed by atoms with E-state index in [4.69, 9.17) is 25.8 Å². The summed E-state index contributed by atoms with van der Waals surface area (Å²) in [5.74, 6) is 1.32. The van der Waals surface area contributed by atoms with E-state index < -0.39 is 0 Å². The van der Waals surface area contributed by atoms with Crippen molar-refractivity contribution < 1.29 is 19.0 Å². The smallest absolute Gasteiger partial charge is 0.271 e. The van der Waals surface area contributed by atoms with Crippen LogP contribution in [0.2, 0.25) is 5.02 Å². The molecule has 0 heterocycles. The van der Waals surface area contributed by atoms with E-state index in [1.54, 1.807) is 42.5 Å². The Morgan fingerprint density at radius 3 is 2.50 bits per heavy atom. The van der Waals surface area contributed by atoms with E-state index in [0.29, 0.717) is 53.2 Å². The van der Waals surface area contributed by atoms with E-state index >= 15 is 0 Å². The molecule has 28 heavy (non-hydrogen) atoms. The van der Waals surface area contributed by atoms with Crippen LogP contribution < -0.4 is 19.6 Å². The van der Waals surface area contributed by atoms with Crippen molar-refractivity contribution in [3.05, 3.63) is 65.2 Å². The largest absolute Gasteiger partial charge is 0.494 e. The molecular weight excluding hydrogens is 380 g/mol. The molecule has 0 bridgehead atoms. The highest BCUT2D eigenvalue weighted by atomic mass is 35.5. The molecule has 0 aliphatic heterocycles. The molecule has 0 fully saturated rings. The molecular formula is C21H23ClN2O4. The van der Waals surface area contributed by atoms with Crippen LogP contribution in [0.15, 0.2) is 54.2 Å². The van der Waals surface area contributed by atoms with Crippen LogP contribution in [0.25, 0.3) is 0 Å². The van der Waals surface area contributed by atoms with Crippen molar-refractivity contribution >= 4 is 23.7 Å². The van der Waals surface area contributed by atoms with Crippen LogP contribution >= 0.6 is 11.6 Å². The van der Waals surface area contributed by atoms with Gasteiger partial charge in [0.2, 0.25) is 0 Å². The molecule has 2 aromatic carbocycles. The molecule has 0 atom stereocenters. The summed E-state index contributed by atoms with van der Waals surface area (Å²) < 4.78 is 16.5. The van der Waals surface area contributed by atoms with E-state index in [-0.39, 0.29) is 5.91 Å². The summed E-state index contributed by atoms with van der Waals surface area (Å²) in [6, 6.07) is 10.2. The minimum atomic E-state index is -0.332. The zero-order valence-electron chi connectivity index (χ0n) is 15.9. The maximum absolute atomic E-state index is 12.2. The minimum absolute atomic E-state index is 0.311. The van der Waals surface area contributed by atoms with Gasteiger partial charge in [-0.25, -0.2) is 5.43 Å². The number of halogens is 1. The van der Waals surface area contributed by atoms with Crippen molar-refractivity contribution in [3.63, 3.8) is 0 Å². The zero-order valence-corrected chi connectivity index (χ0v) is 16.7. The number of amides is 1. The Morgan fingerprint density at radius 2 is 1.86 bits per heavy atom. The number of nitrogens with zero attached hydrogens (tertiary/aromatic N) is 1. The first-order valence-corrected chi connectivity index (χ1v) is 9.23. The molecule has 6 nitrogen and oxygen atoms in total. The van der Waals surface area contributed by atoms with Gasteiger partial charge in [-0.15, -0.1) is 0 Å². The standard InChI is InChI=1S/C21H23ClN2O4/c1-4-11-28-20-18(22)12-15(13-19(20)27-6-3)14-23-24-21(25)16-7-9-17(10-8-16)26-5-2/h4,7-10,12-14H,1,5-6,11H2,2-3H3,(H,24,25)/b23-14-. The van der Waals surface area contributed by atoms with Crippen molar-refractivity contribution in [2.75, 3.05) is 19.8 Å². The van der Waals surface area contributed by atoms with Gasteiger partial charge in [-0.05, 0) is 55.8 Å². The van der Waals surface area contributed by atoms with Gasteiger partial charge in [-0.2, -0.15) is 5.10 Å². The van der Waals surface area contributed by atoms with Crippen molar-refractivity contribution in [1.82, 2.24) is 5.43 Å². The number of nitrogens with one attached hydrogen (secondary N) is 1. The second kappa shape index (κ2) is 11.0. The molecule has 1 amide bonds. The molecule has 0 aliphatic carbocycles. The number of carbonyl (C=O) groups is 1. The lowest BCUT2D eigenvalue weighted by molar-refractivity contribution is 0.0955. The molecule has 1 N–H and O–H groups in total. The third-order valence-electron chi connectivity index (χ3n) is 3.48. The van der Waals surface area contributed by atoms with Gasteiger partial charge in [0.15, 0.2) is 11.5 Å². The van der Waals surface area contributed by atoms with Gasteiger partial charge < -0.3 is 14.2 Å². The van der Waals surface area contributed by atoms with Gasteiger partial charge in [0, 0.05) is 5.56 Å². The van der Waals surface area contributed by atoms with Crippen LogP contribution in [-0.2, 0) is 0 Å². The maximum Gasteiger partial charge on any atom is 0.271 e. The van der Waals surface area contributed by atoms with Crippen LogP contribution in [0.4, 0.5) is 0 Å². The molecule has 0 saturated heterocycles. The van der Waals surface area contributed by atoms with Crippen LogP contribution in [0.3, 0.4) is 0 Å². The van der Waals surface area contributed by atoms with Crippen molar-refractivity contribution in [1.29, 1.82) is 0 Å². The zero-order chi connectivity index (χ0) is 20.4. The summed E-state index contributed by atoms with van der Waals surface area (Å²) in [4.78, 5) is 12.2. The fourth-order valence-corrected chi connectivity index (χ4v) is 2.58. The predicted molar refractivity (Wildman–Crippen MR) is 111 cm³/mol. The Balaban J connectivity index is 2.08. The number of carbonyl (C=O) groups excluding carboxylic acids is 1. The quantitative estimate of drug-likeness (QED) is 0.361.